The molecule has 22 heavy (non-hydrogen) atoms. The number of thiocarbonyl (C=S) groups is 1. The first kappa shape index (κ1) is 16.3. The summed E-state index contributed by atoms with van der Waals surface area (Å²) in [4.78, 5) is 24.5. The standard InChI is InChI=1S/C15H13NO4S2/c1-2-7-16-14(19)12(22-15(16)21)8-10-3-5-11(6-4-10)20-9-13(17)18/h2-6,8H,1,7,9H2,(H,17,18)/p-1/b12-8-. The minimum Gasteiger partial charge on any atom is -0.546 e. The van der Waals surface area contributed by atoms with Gasteiger partial charge in [0.05, 0.1) is 10.9 Å². The maximum absolute atomic E-state index is 12.2. The second kappa shape index (κ2) is 7.24. The predicted molar refractivity (Wildman–Crippen MR) is 87.0 cm³/mol. The van der Waals surface area contributed by atoms with E-state index in [4.69, 9.17) is 17.0 Å². The van der Waals surface area contributed by atoms with Gasteiger partial charge < -0.3 is 14.6 Å². The number of rotatable bonds is 6. The van der Waals surface area contributed by atoms with E-state index in [0.29, 0.717) is 21.5 Å². The monoisotopic (exact) mass is 334 g/mol. The highest BCUT2D eigenvalue weighted by atomic mass is 32.2. The van der Waals surface area contributed by atoms with Crippen molar-refractivity contribution in [3.05, 3.63) is 47.4 Å². The van der Waals surface area contributed by atoms with E-state index in [1.807, 2.05) is 0 Å². The lowest BCUT2D eigenvalue weighted by molar-refractivity contribution is -0.307. The molecular weight excluding hydrogens is 322 g/mol. The fourth-order valence-corrected chi connectivity index (χ4v) is 3.02. The number of aliphatic carboxylic acids is 1. The van der Waals surface area contributed by atoms with E-state index in [-0.39, 0.29) is 5.91 Å². The van der Waals surface area contributed by atoms with Crippen LogP contribution in [0, 0.1) is 0 Å². The van der Waals surface area contributed by atoms with Crippen LogP contribution in [0.1, 0.15) is 5.56 Å². The molecule has 1 saturated heterocycles. The molecule has 1 amide bonds. The van der Waals surface area contributed by atoms with Crippen LogP contribution in [0.5, 0.6) is 5.75 Å². The van der Waals surface area contributed by atoms with Gasteiger partial charge in [-0.15, -0.1) is 6.58 Å². The molecule has 2 rings (SSSR count). The van der Waals surface area contributed by atoms with Crippen molar-refractivity contribution in [2.75, 3.05) is 13.2 Å². The SMILES string of the molecule is C=CCN1C(=O)/C(=C/c2ccc(OCC(=O)[O-])cc2)SC1=S. The summed E-state index contributed by atoms with van der Waals surface area (Å²) in [6, 6.07) is 6.70. The number of amides is 1. The molecule has 7 heteroatoms. The molecule has 0 spiro atoms. The van der Waals surface area contributed by atoms with E-state index in [0.717, 1.165) is 5.56 Å². The van der Waals surface area contributed by atoms with Gasteiger partial charge in [-0.3, -0.25) is 9.69 Å². The number of carbonyl (C=O) groups is 2. The van der Waals surface area contributed by atoms with Gasteiger partial charge in [-0.25, -0.2) is 0 Å². The van der Waals surface area contributed by atoms with Gasteiger partial charge in [0.15, 0.2) is 0 Å². The van der Waals surface area contributed by atoms with Gasteiger partial charge in [0, 0.05) is 6.54 Å². The lowest BCUT2D eigenvalue weighted by Gasteiger charge is -2.10. The van der Waals surface area contributed by atoms with Crippen molar-refractivity contribution in [2.24, 2.45) is 0 Å². The second-order valence-corrected chi connectivity index (χ2v) is 5.99. The highest BCUT2D eigenvalue weighted by molar-refractivity contribution is 8.26. The quantitative estimate of drug-likeness (QED) is 0.442. The van der Waals surface area contributed by atoms with Crippen LogP contribution in [0.25, 0.3) is 6.08 Å². The number of carboxylic acid groups (broad SMARTS) is 1. The molecule has 0 aromatic heterocycles. The number of benzene rings is 1. The Kier molecular flexibility index (Phi) is 5.35. The van der Waals surface area contributed by atoms with Gasteiger partial charge in [-0.1, -0.05) is 42.2 Å². The fraction of sp³-hybridized carbons (Fsp3) is 0.133. The largest absolute Gasteiger partial charge is 0.546 e. The molecule has 0 unspecified atom stereocenters. The summed E-state index contributed by atoms with van der Waals surface area (Å²) in [5.74, 6) is -1.01. The van der Waals surface area contributed by atoms with Crippen LogP contribution in [-0.4, -0.2) is 34.2 Å². The van der Waals surface area contributed by atoms with Crippen LogP contribution in [0.15, 0.2) is 41.8 Å². The van der Waals surface area contributed by atoms with Crippen molar-refractivity contribution in [3.8, 4) is 5.75 Å². The summed E-state index contributed by atoms with van der Waals surface area (Å²) >= 11 is 6.39. The minimum absolute atomic E-state index is 0.146. The Hall–Kier alpha value is -2.12. The Balaban J connectivity index is 2.09. The predicted octanol–water partition coefficient (Wildman–Crippen LogP) is 1.20. The van der Waals surface area contributed by atoms with Crippen LogP contribution in [0.4, 0.5) is 0 Å². The zero-order valence-corrected chi connectivity index (χ0v) is 13.1. The summed E-state index contributed by atoms with van der Waals surface area (Å²) in [6.07, 6.45) is 3.35. The lowest BCUT2D eigenvalue weighted by Crippen LogP contribution is -2.28. The Morgan fingerprint density at radius 2 is 2.09 bits per heavy atom. The second-order valence-electron chi connectivity index (χ2n) is 4.31. The number of hydrogen-bond acceptors (Lipinski definition) is 6. The molecule has 0 radical (unpaired) electrons. The van der Waals surface area contributed by atoms with Crippen molar-refractivity contribution in [3.63, 3.8) is 0 Å². The van der Waals surface area contributed by atoms with Gasteiger partial charge in [-0.2, -0.15) is 0 Å². The third kappa shape index (κ3) is 3.96. The summed E-state index contributed by atoms with van der Waals surface area (Å²) in [7, 11) is 0. The Morgan fingerprint density at radius 1 is 1.41 bits per heavy atom. The molecule has 0 N–H and O–H groups in total. The number of carboxylic acids is 1. The smallest absolute Gasteiger partial charge is 0.266 e. The van der Waals surface area contributed by atoms with Crippen molar-refractivity contribution in [2.45, 2.75) is 0 Å². The van der Waals surface area contributed by atoms with E-state index in [9.17, 15) is 14.7 Å². The van der Waals surface area contributed by atoms with E-state index >= 15 is 0 Å². The number of hydrogen-bond donors (Lipinski definition) is 0. The molecule has 1 aromatic carbocycles. The molecular formula is C15H12NO4S2-. The van der Waals surface area contributed by atoms with Crippen LogP contribution >= 0.6 is 24.0 Å². The minimum atomic E-state index is -1.28. The number of nitrogens with zero attached hydrogens (tertiary/aromatic N) is 1. The van der Waals surface area contributed by atoms with E-state index in [1.54, 1.807) is 36.4 Å². The maximum atomic E-state index is 12.2. The zero-order valence-electron chi connectivity index (χ0n) is 11.5. The maximum Gasteiger partial charge on any atom is 0.266 e. The van der Waals surface area contributed by atoms with Crippen LogP contribution < -0.4 is 9.84 Å². The lowest BCUT2D eigenvalue weighted by atomic mass is 10.2. The third-order valence-electron chi connectivity index (χ3n) is 2.72. The van der Waals surface area contributed by atoms with Crippen LogP contribution in [-0.2, 0) is 9.59 Å². The van der Waals surface area contributed by atoms with Crippen LogP contribution in [0.3, 0.4) is 0 Å². The fourth-order valence-electron chi connectivity index (χ4n) is 1.74. The Bertz CT molecular complexity index is 652. The van der Waals surface area contributed by atoms with Gasteiger partial charge in [-0.05, 0) is 23.8 Å². The topological polar surface area (TPSA) is 69.7 Å². The van der Waals surface area contributed by atoms with Crippen molar-refractivity contribution >= 4 is 46.3 Å². The van der Waals surface area contributed by atoms with E-state index < -0.39 is 12.6 Å². The summed E-state index contributed by atoms with van der Waals surface area (Å²) in [5.41, 5.74) is 0.792. The van der Waals surface area contributed by atoms with Crippen LogP contribution in [0.2, 0.25) is 0 Å². The molecule has 114 valence electrons. The summed E-state index contributed by atoms with van der Waals surface area (Å²) in [5, 5.41) is 10.3. The van der Waals surface area contributed by atoms with Gasteiger partial charge in [0.1, 0.15) is 16.7 Å². The zero-order chi connectivity index (χ0) is 16.1. The molecule has 1 fully saturated rings. The van der Waals surface area contributed by atoms with Gasteiger partial charge in [0.2, 0.25) is 0 Å². The number of ether oxygens (including phenoxy) is 1. The molecule has 1 aliphatic rings. The molecule has 0 atom stereocenters. The molecule has 1 aromatic rings. The molecule has 1 heterocycles. The van der Waals surface area contributed by atoms with Gasteiger partial charge >= 0.3 is 0 Å². The molecule has 0 aliphatic carbocycles. The molecule has 1 aliphatic heterocycles. The first-order valence-corrected chi connectivity index (χ1v) is 7.52. The number of carbonyl (C=O) groups excluding carboxylic acids is 2. The molecule has 0 bridgehead atoms. The van der Waals surface area contributed by atoms with Crippen molar-refractivity contribution in [1.29, 1.82) is 0 Å². The Labute approximate surface area is 137 Å². The summed E-state index contributed by atoms with van der Waals surface area (Å²) < 4.78 is 5.49. The average molecular weight is 334 g/mol. The first-order valence-electron chi connectivity index (χ1n) is 6.30. The third-order valence-corrected chi connectivity index (χ3v) is 4.10. The highest BCUT2D eigenvalue weighted by Crippen LogP contribution is 2.32. The van der Waals surface area contributed by atoms with Gasteiger partial charge in [0.25, 0.3) is 5.91 Å². The average Bonchev–Trinajstić information content (AvgIpc) is 2.74. The Morgan fingerprint density at radius 3 is 2.68 bits per heavy atom. The molecule has 0 saturated carbocycles. The van der Waals surface area contributed by atoms with Crippen molar-refractivity contribution in [1.82, 2.24) is 4.90 Å². The summed E-state index contributed by atoms with van der Waals surface area (Å²) in [6.45, 7) is 3.49. The first-order chi connectivity index (χ1) is 10.5. The van der Waals surface area contributed by atoms with E-state index in [2.05, 4.69) is 6.58 Å². The number of thioether (sulfide) groups is 1. The highest BCUT2D eigenvalue weighted by Gasteiger charge is 2.30. The van der Waals surface area contributed by atoms with E-state index in [1.165, 1.54) is 16.7 Å². The normalized spacial score (nSPS) is 16.2. The van der Waals surface area contributed by atoms with Crippen molar-refractivity contribution < 1.29 is 19.4 Å². The molecule has 5 nitrogen and oxygen atoms in total.